The summed E-state index contributed by atoms with van der Waals surface area (Å²) in [6.45, 7) is 13.4. The van der Waals surface area contributed by atoms with E-state index in [0.29, 0.717) is 6.10 Å². The molecule has 0 saturated carbocycles. The number of hydrogen-bond donors (Lipinski definition) is 3. The van der Waals surface area contributed by atoms with Crippen molar-refractivity contribution in [3.8, 4) is 0 Å². The Hall–Kier alpha value is 0.554. The average molecular weight is 265 g/mol. The Bertz CT molecular complexity index is 150. The molecule has 0 aromatic rings. The van der Waals surface area contributed by atoms with Gasteiger partial charge in [0.15, 0.2) is 0 Å². The summed E-state index contributed by atoms with van der Waals surface area (Å²) in [5.74, 6) is -0.132. The zero-order chi connectivity index (χ0) is 12.4. The molecule has 0 rings (SSSR count). The van der Waals surface area contributed by atoms with E-state index in [1.807, 2.05) is 0 Å². The van der Waals surface area contributed by atoms with Crippen molar-refractivity contribution in [3.05, 3.63) is 0 Å². The molecule has 0 aliphatic heterocycles. The van der Waals surface area contributed by atoms with Gasteiger partial charge in [-0.1, -0.05) is 0 Å². The molecule has 5 heteroatoms. The summed E-state index contributed by atoms with van der Waals surface area (Å²) in [7, 11) is 0. The van der Waals surface area contributed by atoms with Gasteiger partial charge >= 0.3 is 110 Å². The van der Waals surface area contributed by atoms with Gasteiger partial charge < -0.3 is 0 Å². The molecular formula is C11H27N3OTi. The Morgan fingerprint density at radius 2 is 1.44 bits per heavy atom. The number of hydrogen-bond acceptors (Lipinski definition) is 4. The molecule has 0 aliphatic rings. The third kappa shape index (κ3) is 6.99. The Morgan fingerprint density at radius 1 is 1.00 bits per heavy atom. The van der Waals surface area contributed by atoms with E-state index >= 15 is 0 Å². The van der Waals surface area contributed by atoms with Gasteiger partial charge in [-0.25, -0.2) is 0 Å². The van der Waals surface area contributed by atoms with Crippen LogP contribution in [0.1, 0.15) is 34.6 Å². The summed E-state index contributed by atoms with van der Waals surface area (Å²) >= 11 is -0.364. The number of nitrogens with one attached hydrogen (secondary N) is 3. The normalized spacial score (nSPS) is 12.1. The van der Waals surface area contributed by atoms with Gasteiger partial charge in [0.25, 0.3) is 0 Å². The van der Waals surface area contributed by atoms with Crippen LogP contribution in [-0.4, -0.2) is 31.5 Å². The van der Waals surface area contributed by atoms with Crippen LogP contribution in [0.15, 0.2) is 0 Å². The van der Waals surface area contributed by atoms with Crippen LogP contribution in [0, 0.1) is 0 Å². The molecule has 0 radical (unpaired) electrons. The zero-order valence-corrected chi connectivity index (χ0v) is 12.9. The maximum absolute atomic E-state index is 5.74. The zero-order valence-electron chi connectivity index (χ0n) is 11.3. The maximum atomic E-state index is 5.74. The second kappa shape index (κ2) is 9.57. The summed E-state index contributed by atoms with van der Waals surface area (Å²) < 4.78 is 6.78. The van der Waals surface area contributed by atoms with E-state index in [2.05, 4.69) is 50.6 Å². The van der Waals surface area contributed by atoms with Crippen molar-refractivity contribution in [2.24, 2.45) is 0 Å². The Kier molecular flexibility index (Phi) is 9.90. The van der Waals surface area contributed by atoms with E-state index in [1.165, 1.54) is 0 Å². The first-order chi connectivity index (χ1) is 7.60. The molecule has 0 unspecified atom stereocenters. The van der Waals surface area contributed by atoms with E-state index in [0.717, 1.165) is 24.4 Å². The quantitative estimate of drug-likeness (QED) is 0.412. The first-order valence-electron chi connectivity index (χ1n) is 6.23. The Morgan fingerprint density at radius 3 is 1.75 bits per heavy atom. The Balaban J connectivity index is 4.23. The van der Waals surface area contributed by atoms with E-state index in [4.69, 9.17) is 3.32 Å². The Labute approximate surface area is 110 Å². The van der Waals surface area contributed by atoms with Gasteiger partial charge in [0.1, 0.15) is 0 Å². The molecule has 0 spiro atoms. The summed E-state index contributed by atoms with van der Waals surface area (Å²) in [4.78, 5) is 0. The summed E-state index contributed by atoms with van der Waals surface area (Å²) in [6, 6.07) is 0. The molecule has 0 amide bonds. The second-order valence-electron chi connectivity index (χ2n) is 3.98. The molecule has 0 heterocycles. The van der Waals surface area contributed by atoms with Crippen molar-refractivity contribution in [1.29, 1.82) is 0 Å². The summed E-state index contributed by atoms with van der Waals surface area (Å²) in [5, 5.41) is 10.5. The average Bonchev–Trinajstić information content (AvgIpc) is 2.18. The minimum atomic E-state index is -0.364. The molecule has 0 atom stereocenters. The van der Waals surface area contributed by atoms with Crippen molar-refractivity contribution in [2.45, 2.75) is 51.2 Å². The predicted octanol–water partition coefficient (Wildman–Crippen LogP) is 1.31. The van der Waals surface area contributed by atoms with Crippen molar-refractivity contribution >= 4 is 0 Å². The minimum absolute atomic E-state index is 0.132. The first-order valence-corrected chi connectivity index (χ1v) is 7.98. The predicted molar refractivity (Wildman–Crippen MR) is 64.8 cm³/mol. The third-order valence-corrected chi connectivity index (χ3v) is 4.14. The van der Waals surface area contributed by atoms with Gasteiger partial charge in [0, 0.05) is 0 Å². The SMILES string of the molecule is CCNC([CH2][Ti][O]C(C)C)(NCC)NCC. The van der Waals surface area contributed by atoms with Crippen LogP contribution in [0.4, 0.5) is 0 Å². The van der Waals surface area contributed by atoms with Gasteiger partial charge in [0.05, 0.1) is 0 Å². The van der Waals surface area contributed by atoms with Crippen LogP contribution in [0.5, 0.6) is 0 Å². The fourth-order valence-corrected chi connectivity index (χ4v) is 3.17. The summed E-state index contributed by atoms with van der Waals surface area (Å²) in [5.41, 5.74) is 0. The van der Waals surface area contributed by atoms with E-state index < -0.39 is 0 Å². The standard InChI is InChI=1S/C8H20N3.C3H7O.Ti/c1-5-9-8(4,10-6-2)11-7-3;1-3(2)4;/h9-11H,4-7H2,1-3H3;3H,1-2H3;/q;-1;+1. The second-order valence-corrected chi connectivity index (χ2v) is 5.35. The van der Waals surface area contributed by atoms with Crippen LogP contribution in [0.3, 0.4) is 0 Å². The molecular weight excluding hydrogens is 238 g/mol. The van der Waals surface area contributed by atoms with Gasteiger partial charge in [-0.15, -0.1) is 0 Å². The fraction of sp³-hybridized carbons (Fsp3) is 1.00. The van der Waals surface area contributed by atoms with Crippen LogP contribution >= 0.6 is 0 Å². The summed E-state index contributed by atoms with van der Waals surface area (Å²) in [6.07, 6.45) is 0.350. The molecule has 0 aromatic carbocycles. The molecule has 16 heavy (non-hydrogen) atoms. The monoisotopic (exact) mass is 265 g/mol. The van der Waals surface area contributed by atoms with Crippen molar-refractivity contribution in [3.63, 3.8) is 0 Å². The molecule has 0 aliphatic carbocycles. The van der Waals surface area contributed by atoms with E-state index in [9.17, 15) is 0 Å². The van der Waals surface area contributed by atoms with Gasteiger partial charge in [0.2, 0.25) is 0 Å². The van der Waals surface area contributed by atoms with E-state index in [-0.39, 0.29) is 25.3 Å². The van der Waals surface area contributed by atoms with Crippen LogP contribution in [0.2, 0.25) is 4.73 Å². The first kappa shape index (κ1) is 16.6. The van der Waals surface area contributed by atoms with Crippen molar-refractivity contribution < 1.29 is 22.9 Å². The van der Waals surface area contributed by atoms with Gasteiger partial charge in [-0.2, -0.15) is 0 Å². The molecule has 0 fully saturated rings. The van der Waals surface area contributed by atoms with Gasteiger partial charge in [-0.05, 0) is 0 Å². The van der Waals surface area contributed by atoms with Crippen LogP contribution < -0.4 is 16.0 Å². The van der Waals surface area contributed by atoms with Crippen molar-refractivity contribution in [2.75, 3.05) is 19.6 Å². The fourth-order valence-electron chi connectivity index (χ4n) is 1.60. The van der Waals surface area contributed by atoms with Crippen LogP contribution in [0.25, 0.3) is 0 Å². The molecule has 0 saturated heterocycles. The number of rotatable bonds is 10. The van der Waals surface area contributed by atoms with Crippen molar-refractivity contribution in [1.82, 2.24) is 16.0 Å². The van der Waals surface area contributed by atoms with Gasteiger partial charge in [-0.3, -0.25) is 0 Å². The molecule has 96 valence electrons. The third-order valence-electron chi connectivity index (χ3n) is 2.09. The topological polar surface area (TPSA) is 45.3 Å². The molecule has 4 nitrogen and oxygen atoms in total. The molecule has 0 bridgehead atoms. The van der Waals surface area contributed by atoms with E-state index in [1.54, 1.807) is 0 Å². The van der Waals surface area contributed by atoms with Crippen LogP contribution in [-0.2, 0) is 22.9 Å². The molecule has 0 aromatic heterocycles. The molecule has 3 N–H and O–H groups in total.